The summed E-state index contributed by atoms with van der Waals surface area (Å²) >= 11 is 0. The minimum atomic E-state index is 0.0191. The van der Waals surface area contributed by atoms with Gasteiger partial charge in [0.15, 0.2) is 0 Å². The van der Waals surface area contributed by atoms with Gasteiger partial charge in [-0.25, -0.2) is 0 Å². The van der Waals surface area contributed by atoms with Gasteiger partial charge in [-0.3, -0.25) is 4.79 Å². The summed E-state index contributed by atoms with van der Waals surface area (Å²) < 4.78 is 0. The standard InChI is InChI=1S/C14H16O/c1-11(2)10-14(15)9-8-13-6-4-12(3)5-7-13/h4-7,11H,10H2,1-3H3. The number of aryl methyl sites for hydroxylation is 1. The minimum absolute atomic E-state index is 0.0191. The topological polar surface area (TPSA) is 17.1 Å². The molecule has 1 aromatic carbocycles. The third-order valence-corrected chi connectivity index (χ3v) is 1.99. The Labute approximate surface area is 91.5 Å². The number of Topliss-reactive ketones (excluding diaryl/α,β-unsaturated/α-hetero) is 1. The molecule has 0 saturated heterocycles. The first kappa shape index (κ1) is 11.5. The van der Waals surface area contributed by atoms with Crippen LogP contribution in [0.5, 0.6) is 0 Å². The van der Waals surface area contributed by atoms with Gasteiger partial charge in [-0.1, -0.05) is 37.5 Å². The molecular formula is C14H16O. The average molecular weight is 200 g/mol. The lowest BCUT2D eigenvalue weighted by molar-refractivity contribution is -0.114. The molecule has 0 N–H and O–H groups in total. The van der Waals surface area contributed by atoms with Crippen LogP contribution in [0.3, 0.4) is 0 Å². The van der Waals surface area contributed by atoms with E-state index in [4.69, 9.17) is 0 Å². The van der Waals surface area contributed by atoms with Crippen LogP contribution in [0.25, 0.3) is 0 Å². The van der Waals surface area contributed by atoms with Gasteiger partial charge in [0.05, 0.1) is 0 Å². The Kier molecular flexibility index (Phi) is 4.12. The third kappa shape index (κ3) is 4.46. The fourth-order valence-corrected chi connectivity index (χ4v) is 1.20. The van der Waals surface area contributed by atoms with Crippen LogP contribution in [-0.4, -0.2) is 5.78 Å². The van der Waals surface area contributed by atoms with Crippen LogP contribution >= 0.6 is 0 Å². The molecule has 1 rings (SSSR count). The highest BCUT2D eigenvalue weighted by molar-refractivity contribution is 5.96. The van der Waals surface area contributed by atoms with Gasteiger partial charge in [-0.05, 0) is 30.9 Å². The van der Waals surface area contributed by atoms with E-state index in [9.17, 15) is 4.79 Å². The summed E-state index contributed by atoms with van der Waals surface area (Å²) in [5.74, 6) is 5.94. The molecule has 0 radical (unpaired) electrons. The Morgan fingerprint density at radius 3 is 2.40 bits per heavy atom. The molecule has 0 bridgehead atoms. The zero-order valence-corrected chi connectivity index (χ0v) is 9.50. The van der Waals surface area contributed by atoms with Crippen molar-refractivity contribution in [1.82, 2.24) is 0 Å². The Hall–Kier alpha value is -1.55. The Morgan fingerprint density at radius 2 is 1.87 bits per heavy atom. The van der Waals surface area contributed by atoms with Crippen molar-refractivity contribution < 1.29 is 4.79 Å². The quantitative estimate of drug-likeness (QED) is 0.671. The molecule has 0 heterocycles. The van der Waals surface area contributed by atoms with E-state index < -0.39 is 0 Å². The highest BCUT2D eigenvalue weighted by Crippen LogP contribution is 2.02. The van der Waals surface area contributed by atoms with Crippen molar-refractivity contribution in [2.24, 2.45) is 5.92 Å². The van der Waals surface area contributed by atoms with Crippen molar-refractivity contribution in [3.05, 3.63) is 35.4 Å². The van der Waals surface area contributed by atoms with Crippen LogP contribution in [-0.2, 0) is 4.79 Å². The molecule has 0 aliphatic heterocycles. The number of carbonyl (C=O) groups excluding carboxylic acids is 1. The van der Waals surface area contributed by atoms with E-state index in [1.54, 1.807) is 0 Å². The van der Waals surface area contributed by atoms with Crippen LogP contribution in [0.1, 0.15) is 31.4 Å². The summed E-state index contributed by atoms with van der Waals surface area (Å²) in [6, 6.07) is 7.86. The van der Waals surface area contributed by atoms with Crippen molar-refractivity contribution in [2.75, 3.05) is 0 Å². The average Bonchev–Trinajstić information content (AvgIpc) is 2.16. The van der Waals surface area contributed by atoms with Gasteiger partial charge in [0.2, 0.25) is 5.78 Å². The second-order valence-electron chi connectivity index (χ2n) is 4.14. The third-order valence-electron chi connectivity index (χ3n) is 1.99. The van der Waals surface area contributed by atoms with E-state index in [0.717, 1.165) is 5.56 Å². The molecule has 0 unspecified atom stereocenters. The first-order valence-electron chi connectivity index (χ1n) is 5.19. The number of benzene rings is 1. The van der Waals surface area contributed by atoms with Crippen molar-refractivity contribution in [1.29, 1.82) is 0 Å². The molecule has 0 aliphatic carbocycles. The van der Waals surface area contributed by atoms with E-state index in [2.05, 4.69) is 11.8 Å². The van der Waals surface area contributed by atoms with Gasteiger partial charge in [0.25, 0.3) is 0 Å². The summed E-state index contributed by atoms with van der Waals surface area (Å²) in [5.41, 5.74) is 2.10. The molecule has 1 heteroatoms. The first-order valence-corrected chi connectivity index (χ1v) is 5.19. The number of carbonyl (C=O) groups is 1. The predicted molar refractivity (Wildman–Crippen MR) is 62.5 cm³/mol. The lowest BCUT2D eigenvalue weighted by Gasteiger charge is -1.96. The molecule has 0 aliphatic rings. The summed E-state index contributed by atoms with van der Waals surface area (Å²) in [6.07, 6.45) is 0.541. The number of hydrogen-bond donors (Lipinski definition) is 0. The second kappa shape index (κ2) is 5.36. The maximum absolute atomic E-state index is 11.3. The van der Waals surface area contributed by atoms with Gasteiger partial charge in [-0.2, -0.15) is 0 Å². The molecule has 0 amide bonds. The van der Waals surface area contributed by atoms with Crippen LogP contribution in [0.15, 0.2) is 24.3 Å². The highest BCUT2D eigenvalue weighted by atomic mass is 16.1. The van der Waals surface area contributed by atoms with Crippen molar-refractivity contribution >= 4 is 5.78 Å². The second-order valence-corrected chi connectivity index (χ2v) is 4.14. The van der Waals surface area contributed by atoms with E-state index in [1.807, 2.05) is 45.0 Å². The monoisotopic (exact) mass is 200 g/mol. The SMILES string of the molecule is Cc1ccc(C#CC(=O)CC(C)C)cc1. The van der Waals surface area contributed by atoms with Gasteiger partial charge in [0.1, 0.15) is 0 Å². The van der Waals surface area contributed by atoms with Gasteiger partial charge in [0, 0.05) is 12.0 Å². The summed E-state index contributed by atoms with van der Waals surface area (Å²) in [7, 11) is 0. The van der Waals surface area contributed by atoms with Crippen LogP contribution < -0.4 is 0 Å². The molecule has 78 valence electrons. The molecule has 0 atom stereocenters. The molecule has 0 saturated carbocycles. The Balaban J connectivity index is 2.65. The van der Waals surface area contributed by atoms with Crippen molar-refractivity contribution in [3.8, 4) is 11.8 Å². The normalized spacial score (nSPS) is 9.60. The number of hydrogen-bond acceptors (Lipinski definition) is 1. The zero-order valence-electron chi connectivity index (χ0n) is 9.50. The molecule has 0 spiro atoms. The Morgan fingerprint density at radius 1 is 1.27 bits per heavy atom. The fourth-order valence-electron chi connectivity index (χ4n) is 1.20. The number of rotatable bonds is 2. The van der Waals surface area contributed by atoms with E-state index in [1.165, 1.54) is 5.56 Å². The number of ketones is 1. The van der Waals surface area contributed by atoms with E-state index in [-0.39, 0.29) is 5.78 Å². The molecule has 0 aromatic heterocycles. The summed E-state index contributed by atoms with van der Waals surface area (Å²) in [4.78, 5) is 11.3. The van der Waals surface area contributed by atoms with Gasteiger partial charge >= 0.3 is 0 Å². The largest absolute Gasteiger partial charge is 0.285 e. The van der Waals surface area contributed by atoms with E-state index >= 15 is 0 Å². The minimum Gasteiger partial charge on any atom is -0.285 e. The van der Waals surface area contributed by atoms with Crippen molar-refractivity contribution in [2.45, 2.75) is 27.2 Å². The van der Waals surface area contributed by atoms with Crippen LogP contribution in [0, 0.1) is 24.7 Å². The molecule has 15 heavy (non-hydrogen) atoms. The maximum atomic E-state index is 11.3. The molecule has 1 nitrogen and oxygen atoms in total. The maximum Gasteiger partial charge on any atom is 0.206 e. The van der Waals surface area contributed by atoms with Crippen LogP contribution in [0.2, 0.25) is 0 Å². The highest BCUT2D eigenvalue weighted by Gasteiger charge is 2.00. The van der Waals surface area contributed by atoms with Crippen molar-refractivity contribution in [3.63, 3.8) is 0 Å². The lowest BCUT2D eigenvalue weighted by atomic mass is 10.1. The van der Waals surface area contributed by atoms with E-state index in [0.29, 0.717) is 12.3 Å². The van der Waals surface area contributed by atoms with Gasteiger partial charge in [-0.15, -0.1) is 0 Å². The Bertz CT molecular complexity index is 388. The summed E-state index contributed by atoms with van der Waals surface area (Å²) in [6.45, 7) is 6.07. The smallest absolute Gasteiger partial charge is 0.206 e. The lowest BCUT2D eigenvalue weighted by Crippen LogP contribution is -1.98. The zero-order chi connectivity index (χ0) is 11.3. The molecule has 1 aromatic rings. The molecule has 0 fully saturated rings. The van der Waals surface area contributed by atoms with Crippen LogP contribution in [0.4, 0.5) is 0 Å². The summed E-state index contributed by atoms with van der Waals surface area (Å²) in [5, 5.41) is 0. The predicted octanol–water partition coefficient (Wildman–Crippen LogP) is 2.96. The van der Waals surface area contributed by atoms with Gasteiger partial charge < -0.3 is 0 Å². The molecular weight excluding hydrogens is 184 g/mol. The fraction of sp³-hybridized carbons (Fsp3) is 0.357. The first-order chi connectivity index (χ1) is 7.08.